The first kappa shape index (κ1) is 47.7. The number of carbonyl (C=O) groups is 4. The summed E-state index contributed by atoms with van der Waals surface area (Å²) in [6.07, 6.45) is 1.57. The van der Waals surface area contributed by atoms with Crippen LogP contribution in [0.25, 0.3) is 0 Å². The third-order valence-electron chi connectivity index (χ3n) is 7.20. The van der Waals surface area contributed by atoms with Crippen LogP contribution >= 0.6 is 0 Å². The Labute approximate surface area is 342 Å². The van der Waals surface area contributed by atoms with Crippen LogP contribution in [0.4, 0.5) is 15.5 Å². The van der Waals surface area contributed by atoms with Crippen LogP contribution in [0.2, 0.25) is 0 Å². The number of hydrogen-bond donors (Lipinski definition) is 4. The van der Waals surface area contributed by atoms with E-state index >= 15 is 0 Å². The van der Waals surface area contributed by atoms with Crippen molar-refractivity contribution >= 4 is 60.0 Å². The van der Waals surface area contributed by atoms with Crippen molar-refractivity contribution in [1.82, 2.24) is 38.5 Å². The van der Waals surface area contributed by atoms with E-state index in [0.717, 1.165) is 43.2 Å². The number of sulfonamides is 3. The Morgan fingerprint density at radius 2 is 1.33 bits per heavy atom. The summed E-state index contributed by atoms with van der Waals surface area (Å²) in [5, 5.41) is 5.80. The van der Waals surface area contributed by atoms with Crippen LogP contribution in [0, 0.1) is 0 Å². The topological polar surface area (TPSA) is 331 Å². The monoisotopic (exact) mass is 901 g/mol. The van der Waals surface area contributed by atoms with E-state index in [-0.39, 0.29) is 53.6 Å². The van der Waals surface area contributed by atoms with Gasteiger partial charge >= 0.3 is 35.7 Å². The number of methoxy groups -OCH3 is 4. The minimum Gasteiger partial charge on any atom is -0.481 e. The molecule has 28 heteroatoms. The normalized spacial score (nSPS) is 11.2. The number of rotatable bonds is 15. The average Bonchev–Trinajstić information content (AvgIpc) is 3.49. The summed E-state index contributed by atoms with van der Waals surface area (Å²) in [5.41, 5.74) is -1.33. The number of anilines is 1. The van der Waals surface area contributed by atoms with Crippen molar-refractivity contribution in [3.8, 4) is 17.8 Å². The number of nitrogens with one attached hydrogen (secondary N) is 4. The van der Waals surface area contributed by atoms with Gasteiger partial charge in [0.05, 0.1) is 58.5 Å². The van der Waals surface area contributed by atoms with Crippen LogP contribution in [-0.2, 0) is 53.1 Å². The second-order valence-corrected chi connectivity index (χ2v) is 16.7. The van der Waals surface area contributed by atoms with E-state index in [0.29, 0.717) is 11.1 Å². The molecule has 0 fully saturated rings. The number of benzene rings is 2. The van der Waals surface area contributed by atoms with Gasteiger partial charge in [0.15, 0.2) is 0 Å². The van der Waals surface area contributed by atoms with Crippen molar-refractivity contribution in [2.45, 2.75) is 29.7 Å². The molecule has 4 aromatic rings. The molecule has 0 atom stereocenters. The molecule has 0 aliphatic rings. The van der Waals surface area contributed by atoms with Crippen molar-refractivity contribution in [2.24, 2.45) is 7.05 Å². The Morgan fingerprint density at radius 3 is 1.88 bits per heavy atom. The SMILES string of the molecule is CCCOc1nn(C(=O)NS(=O)(=O)c2ccccc2C(=O)OC)c(=O)n1C.COC(=O)c1ccc(CNS(C)(=O)=O)cc1S(=O)(=O)NC(=O)Nc1nc(OC)cc(OC)n1. The fourth-order valence-corrected chi connectivity index (χ4v) is 7.13. The van der Waals surface area contributed by atoms with Crippen LogP contribution in [0.3, 0.4) is 0 Å². The van der Waals surface area contributed by atoms with E-state index in [1.54, 1.807) is 9.44 Å². The van der Waals surface area contributed by atoms with E-state index in [4.69, 9.17) is 14.2 Å². The molecule has 2 heterocycles. The smallest absolute Gasteiger partial charge is 0.360 e. The molecule has 4 N–H and O–H groups in total. The second kappa shape index (κ2) is 20.4. The molecule has 326 valence electrons. The van der Waals surface area contributed by atoms with E-state index in [1.165, 1.54) is 51.6 Å². The Hall–Kier alpha value is -6.65. The Kier molecular flexibility index (Phi) is 16.2. The maximum Gasteiger partial charge on any atom is 0.360 e. The molecule has 0 bridgehead atoms. The quantitative estimate of drug-likeness (QED) is 0.114. The first-order valence-electron chi connectivity index (χ1n) is 16.6. The van der Waals surface area contributed by atoms with Gasteiger partial charge in [-0.15, -0.1) is 9.78 Å². The maximum atomic E-state index is 12.9. The molecule has 0 aliphatic carbocycles. The molecular formula is C32H39N9O16S3. The van der Waals surface area contributed by atoms with Gasteiger partial charge in [-0.05, 0) is 36.2 Å². The minimum absolute atomic E-state index is 0.0408. The molecule has 2 aromatic carbocycles. The molecule has 0 saturated carbocycles. The number of nitrogens with zero attached hydrogens (tertiary/aromatic N) is 5. The summed E-state index contributed by atoms with van der Waals surface area (Å²) >= 11 is 0. The summed E-state index contributed by atoms with van der Waals surface area (Å²) in [5.74, 6) is -2.12. The molecule has 0 spiro atoms. The fourth-order valence-electron chi connectivity index (χ4n) is 4.43. The zero-order valence-electron chi connectivity index (χ0n) is 32.7. The van der Waals surface area contributed by atoms with Gasteiger partial charge in [0, 0.05) is 13.6 Å². The standard InChI is InChI=1S/C17H21N5O9S2.C15H18N4O7S/c1-29-13-8-14(30-2)20-16(19-13)21-17(24)22-33(27,28)12-7-10(9-18-32(4,25)26)5-6-11(12)15(23)31-3;1-4-9-26-14-16-19(15(22)18(14)2)13(21)17-27(23,24)11-8-6-5-7-10(11)12(20)25-3/h5-8,18H,9H2,1-4H3,(H2,19,20,21,22,24);5-8H,4,9H2,1-3H3,(H,17,21). The second-order valence-electron chi connectivity index (χ2n) is 11.5. The predicted molar refractivity (Wildman–Crippen MR) is 206 cm³/mol. The highest BCUT2D eigenvalue weighted by molar-refractivity contribution is 7.90. The van der Waals surface area contributed by atoms with Crippen molar-refractivity contribution < 1.29 is 68.1 Å². The predicted octanol–water partition coefficient (Wildman–Crippen LogP) is -0.0562. The molecule has 0 radical (unpaired) electrons. The van der Waals surface area contributed by atoms with Crippen LogP contribution in [0.15, 0.2) is 63.1 Å². The molecule has 4 rings (SSSR count). The number of esters is 2. The van der Waals surface area contributed by atoms with Gasteiger partial charge in [-0.2, -0.15) is 9.97 Å². The number of ether oxygens (including phenoxy) is 5. The highest BCUT2D eigenvalue weighted by Crippen LogP contribution is 2.21. The van der Waals surface area contributed by atoms with E-state index in [1.807, 2.05) is 6.92 Å². The van der Waals surface area contributed by atoms with E-state index < -0.39 is 69.6 Å². The number of aromatic nitrogens is 5. The summed E-state index contributed by atoms with van der Waals surface area (Å²) in [6.45, 7) is 1.84. The lowest BCUT2D eigenvalue weighted by Gasteiger charge is -2.13. The highest BCUT2D eigenvalue weighted by Gasteiger charge is 2.28. The summed E-state index contributed by atoms with van der Waals surface area (Å²) in [4.78, 5) is 67.1. The lowest BCUT2D eigenvalue weighted by atomic mass is 10.1. The van der Waals surface area contributed by atoms with Crippen LogP contribution in [0.5, 0.6) is 17.8 Å². The van der Waals surface area contributed by atoms with Gasteiger partial charge in [0.1, 0.15) is 9.79 Å². The summed E-state index contributed by atoms with van der Waals surface area (Å²) in [6, 6.07) is 7.29. The average molecular weight is 902 g/mol. The third-order valence-corrected chi connectivity index (χ3v) is 10.6. The van der Waals surface area contributed by atoms with Gasteiger partial charge in [0.25, 0.3) is 20.0 Å². The third kappa shape index (κ3) is 12.7. The number of hydrogen-bond acceptors (Lipinski definition) is 19. The number of amides is 3. The Balaban J connectivity index is 0.000000327. The van der Waals surface area contributed by atoms with Crippen LogP contribution in [-0.4, -0.2) is 115 Å². The summed E-state index contributed by atoms with van der Waals surface area (Å²) < 4.78 is 105. The first-order valence-corrected chi connectivity index (χ1v) is 21.5. The molecule has 25 nitrogen and oxygen atoms in total. The zero-order chi connectivity index (χ0) is 45.0. The lowest BCUT2D eigenvalue weighted by Crippen LogP contribution is -2.40. The highest BCUT2D eigenvalue weighted by atomic mass is 32.2. The Bertz CT molecular complexity index is 2630. The van der Waals surface area contributed by atoms with Gasteiger partial charge in [0.2, 0.25) is 27.7 Å². The zero-order valence-corrected chi connectivity index (χ0v) is 35.2. The Morgan fingerprint density at radius 1 is 0.767 bits per heavy atom. The van der Waals surface area contributed by atoms with E-state index in [9.17, 15) is 49.2 Å². The molecule has 60 heavy (non-hydrogen) atoms. The van der Waals surface area contributed by atoms with Gasteiger partial charge < -0.3 is 23.7 Å². The van der Waals surface area contributed by atoms with Crippen LogP contribution in [0.1, 0.15) is 39.6 Å². The molecule has 3 amide bonds. The largest absolute Gasteiger partial charge is 0.481 e. The molecule has 2 aromatic heterocycles. The lowest BCUT2D eigenvalue weighted by molar-refractivity contribution is 0.0587. The van der Waals surface area contributed by atoms with Crippen molar-refractivity contribution in [3.05, 3.63) is 75.7 Å². The molecule has 0 unspecified atom stereocenters. The van der Waals surface area contributed by atoms with Crippen LogP contribution < -0.4 is 39.4 Å². The van der Waals surface area contributed by atoms with Gasteiger partial charge in [-0.1, -0.05) is 25.1 Å². The minimum atomic E-state index is -4.63. The van der Waals surface area contributed by atoms with Gasteiger partial charge in [-0.3, -0.25) is 5.32 Å². The number of urea groups is 1. The molecule has 0 aliphatic heterocycles. The maximum absolute atomic E-state index is 12.9. The summed E-state index contributed by atoms with van der Waals surface area (Å²) in [7, 11) is -6.59. The van der Waals surface area contributed by atoms with Crippen molar-refractivity contribution in [1.29, 1.82) is 0 Å². The van der Waals surface area contributed by atoms with Crippen molar-refractivity contribution in [3.63, 3.8) is 0 Å². The number of carbonyl (C=O) groups excluding carboxylic acids is 4. The van der Waals surface area contributed by atoms with Crippen molar-refractivity contribution in [2.75, 3.05) is 46.6 Å². The van der Waals surface area contributed by atoms with E-state index in [2.05, 4.69) is 34.6 Å². The fraction of sp³-hybridized carbons (Fsp3) is 0.312. The molecule has 0 saturated heterocycles. The molecular weight excluding hydrogens is 863 g/mol. The first-order chi connectivity index (χ1) is 28.1. The van der Waals surface area contributed by atoms with Gasteiger partial charge in [-0.25, -0.2) is 68.0 Å².